The molecule has 0 aliphatic rings. The Balaban J connectivity index is 3.33. The second kappa shape index (κ2) is 3.82. The van der Waals surface area contributed by atoms with Crippen LogP contribution in [-0.4, -0.2) is 10.9 Å². The third-order valence-electron chi connectivity index (χ3n) is 1.25. The third-order valence-corrected chi connectivity index (χ3v) is 1.25. The van der Waals surface area contributed by atoms with Crippen LogP contribution in [0.3, 0.4) is 0 Å². The van der Waals surface area contributed by atoms with Gasteiger partial charge in [-0.2, -0.15) is 0 Å². The van der Waals surface area contributed by atoms with Crippen LogP contribution in [0.5, 0.6) is 0 Å². The van der Waals surface area contributed by atoms with Crippen molar-refractivity contribution >= 4 is 0 Å². The Kier molecular flexibility index (Phi) is 3.77. The highest BCUT2D eigenvalue weighted by Crippen LogP contribution is 2.11. The van der Waals surface area contributed by atoms with Crippen molar-refractivity contribution in [1.82, 2.24) is 0 Å². The second-order valence-corrected chi connectivity index (χ2v) is 2.40. The Hall–Kier alpha value is -0.120. The van der Waals surface area contributed by atoms with Gasteiger partial charge in [0, 0.05) is 6.42 Å². The molecule has 0 aromatic heterocycles. The molecule has 3 nitrogen and oxygen atoms in total. The van der Waals surface area contributed by atoms with E-state index in [1.54, 1.807) is 6.92 Å². The molecule has 9 heavy (non-hydrogen) atoms. The normalized spacial score (nSPS) is 17.3. The molecule has 56 valence electrons. The molecule has 0 amide bonds. The van der Waals surface area contributed by atoms with Gasteiger partial charge in [0.1, 0.15) is 0 Å². The molecule has 3 heteroatoms. The fourth-order valence-corrected chi connectivity index (χ4v) is 0.564. The van der Waals surface area contributed by atoms with Crippen LogP contribution in [0.2, 0.25) is 0 Å². The van der Waals surface area contributed by atoms with E-state index in [-0.39, 0.29) is 0 Å². The lowest BCUT2D eigenvalue weighted by atomic mass is 10.1. The molecule has 1 atom stereocenters. The van der Waals surface area contributed by atoms with Crippen molar-refractivity contribution in [2.24, 2.45) is 5.90 Å². The molecular weight excluding hydrogens is 118 g/mol. The minimum atomic E-state index is -1.13. The molecule has 0 heterocycles. The van der Waals surface area contributed by atoms with Gasteiger partial charge in [-0.3, -0.25) is 4.84 Å². The van der Waals surface area contributed by atoms with Gasteiger partial charge in [0.15, 0.2) is 5.79 Å². The monoisotopic (exact) mass is 133 g/mol. The number of hydrogen-bond acceptors (Lipinski definition) is 3. The lowest BCUT2D eigenvalue weighted by molar-refractivity contribution is -0.198. The van der Waals surface area contributed by atoms with Crippen LogP contribution in [0.4, 0.5) is 0 Å². The first-order valence-corrected chi connectivity index (χ1v) is 3.22. The van der Waals surface area contributed by atoms with Crippen molar-refractivity contribution in [3.05, 3.63) is 0 Å². The lowest BCUT2D eigenvalue weighted by Gasteiger charge is -2.19. The summed E-state index contributed by atoms with van der Waals surface area (Å²) in [5, 5.41) is 9.11. The van der Waals surface area contributed by atoms with E-state index in [1.807, 2.05) is 6.92 Å². The first-order valence-electron chi connectivity index (χ1n) is 3.22. The van der Waals surface area contributed by atoms with Crippen LogP contribution < -0.4 is 5.90 Å². The van der Waals surface area contributed by atoms with Crippen molar-refractivity contribution < 1.29 is 9.94 Å². The van der Waals surface area contributed by atoms with Crippen molar-refractivity contribution in [2.45, 2.75) is 38.9 Å². The van der Waals surface area contributed by atoms with Crippen molar-refractivity contribution in [1.29, 1.82) is 0 Å². The molecule has 0 saturated carbocycles. The van der Waals surface area contributed by atoms with E-state index >= 15 is 0 Å². The predicted octanol–water partition coefficient (Wildman–Crippen LogP) is 0.775. The van der Waals surface area contributed by atoms with Crippen molar-refractivity contribution in [3.63, 3.8) is 0 Å². The number of nitrogens with two attached hydrogens (primary N) is 1. The maximum atomic E-state index is 9.11. The first-order chi connectivity index (χ1) is 4.12. The highest BCUT2D eigenvalue weighted by molar-refractivity contribution is 4.56. The summed E-state index contributed by atoms with van der Waals surface area (Å²) in [5.41, 5.74) is 0. The Morgan fingerprint density at radius 1 is 1.67 bits per heavy atom. The Morgan fingerprint density at radius 2 is 2.22 bits per heavy atom. The SMILES string of the molecule is CCCCC(C)(O)ON. The number of rotatable bonds is 4. The predicted molar refractivity (Wildman–Crippen MR) is 35.4 cm³/mol. The van der Waals surface area contributed by atoms with Crippen molar-refractivity contribution in [2.75, 3.05) is 0 Å². The van der Waals surface area contributed by atoms with Crippen LogP contribution in [0.15, 0.2) is 0 Å². The first kappa shape index (κ1) is 8.88. The summed E-state index contributed by atoms with van der Waals surface area (Å²) >= 11 is 0. The maximum absolute atomic E-state index is 9.11. The smallest absolute Gasteiger partial charge is 0.181 e. The fraction of sp³-hybridized carbons (Fsp3) is 1.00. The van der Waals surface area contributed by atoms with Gasteiger partial charge < -0.3 is 5.11 Å². The molecule has 0 rings (SSSR count). The van der Waals surface area contributed by atoms with Gasteiger partial charge >= 0.3 is 0 Å². The van der Waals surface area contributed by atoms with Gasteiger partial charge in [-0.15, -0.1) is 0 Å². The summed E-state index contributed by atoms with van der Waals surface area (Å²) < 4.78 is 0. The zero-order chi connectivity index (χ0) is 7.33. The molecule has 1 unspecified atom stereocenters. The third kappa shape index (κ3) is 4.39. The molecule has 0 aliphatic heterocycles. The molecule has 0 bridgehead atoms. The lowest BCUT2D eigenvalue weighted by Crippen LogP contribution is -2.31. The average molecular weight is 133 g/mol. The standard InChI is InChI=1S/C6H15NO2/c1-3-4-5-6(2,8)9-7/h8H,3-5,7H2,1-2H3. The van der Waals surface area contributed by atoms with Crippen LogP contribution in [0.1, 0.15) is 33.1 Å². The minimum absolute atomic E-state index is 0.597. The van der Waals surface area contributed by atoms with Gasteiger partial charge in [0.2, 0.25) is 0 Å². The zero-order valence-corrected chi connectivity index (χ0v) is 6.05. The fourth-order valence-electron chi connectivity index (χ4n) is 0.564. The quantitative estimate of drug-likeness (QED) is 0.440. The van der Waals surface area contributed by atoms with Crippen molar-refractivity contribution in [3.8, 4) is 0 Å². The summed E-state index contributed by atoms with van der Waals surface area (Å²) in [6.45, 7) is 3.61. The molecule has 0 aliphatic carbocycles. The molecule has 0 fully saturated rings. The van der Waals surface area contributed by atoms with E-state index in [0.29, 0.717) is 6.42 Å². The summed E-state index contributed by atoms with van der Waals surface area (Å²) in [6, 6.07) is 0. The van der Waals surface area contributed by atoms with Crippen LogP contribution in [0, 0.1) is 0 Å². The van der Waals surface area contributed by atoms with Gasteiger partial charge in [0.25, 0.3) is 0 Å². The van der Waals surface area contributed by atoms with Crippen LogP contribution >= 0.6 is 0 Å². The maximum Gasteiger partial charge on any atom is 0.181 e. The number of unbranched alkanes of at least 4 members (excludes halogenated alkanes) is 1. The molecule has 0 radical (unpaired) electrons. The van der Waals surface area contributed by atoms with Crippen LogP contribution in [-0.2, 0) is 4.84 Å². The Morgan fingerprint density at radius 3 is 2.56 bits per heavy atom. The summed E-state index contributed by atoms with van der Waals surface area (Å²) in [4.78, 5) is 4.30. The van der Waals surface area contributed by atoms with E-state index in [2.05, 4.69) is 4.84 Å². The van der Waals surface area contributed by atoms with Gasteiger partial charge in [-0.1, -0.05) is 13.3 Å². The largest absolute Gasteiger partial charge is 0.364 e. The topological polar surface area (TPSA) is 55.5 Å². The van der Waals surface area contributed by atoms with Crippen LogP contribution in [0.25, 0.3) is 0 Å². The minimum Gasteiger partial charge on any atom is -0.364 e. The average Bonchev–Trinajstić information content (AvgIpc) is 1.84. The van der Waals surface area contributed by atoms with E-state index in [9.17, 15) is 0 Å². The molecular formula is C6H15NO2. The van der Waals surface area contributed by atoms with E-state index in [0.717, 1.165) is 12.8 Å². The van der Waals surface area contributed by atoms with Gasteiger partial charge in [-0.05, 0) is 13.3 Å². The summed E-state index contributed by atoms with van der Waals surface area (Å²) in [7, 11) is 0. The van der Waals surface area contributed by atoms with E-state index in [1.165, 1.54) is 0 Å². The molecule has 3 N–H and O–H groups in total. The molecule has 0 aromatic rings. The van der Waals surface area contributed by atoms with Gasteiger partial charge in [0.05, 0.1) is 0 Å². The Bertz CT molecular complexity index is 73.5. The molecule has 0 aromatic carbocycles. The molecule has 0 spiro atoms. The highest BCUT2D eigenvalue weighted by Gasteiger charge is 2.17. The van der Waals surface area contributed by atoms with E-state index < -0.39 is 5.79 Å². The molecule has 0 saturated heterocycles. The second-order valence-electron chi connectivity index (χ2n) is 2.40. The zero-order valence-electron chi connectivity index (χ0n) is 6.05. The van der Waals surface area contributed by atoms with E-state index in [4.69, 9.17) is 11.0 Å². The highest BCUT2D eigenvalue weighted by atomic mass is 16.7. The summed E-state index contributed by atoms with van der Waals surface area (Å²) in [5.74, 6) is 3.67. The van der Waals surface area contributed by atoms with Gasteiger partial charge in [-0.25, -0.2) is 5.90 Å². The number of aliphatic hydroxyl groups is 1. The summed E-state index contributed by atoms with van der Waals surface area (Å²) in [6.07, 6.45) is 2.57. The number of hydrogen-bond donors (Lipinski definition) is 2. The Labute approximate surface area is 55.8 Å².